The Hall–Kier alpha value is -2.07. The minimum atomic E-state index is -0.217. The number of aryl methyl sites for hydroxylation is 1. The summed E-state index contributed by atoms with van der Waals surface area (Å²) >= 11 is 0. The lowest BCUT2D eigenvalue weighted by Crippen LogP contribution is -2.55. The van der Waals surface area contributed by atoms with Crippen LogP contribution in [0.15, 0.2) is 48.5 Å². The van der Waals surface area contributed by atoms with Crippen molar-refractivity contribution in [2.45, 2.75) is 64.6 Å². The van der Waals surface area contributed by atoms with Gasteiger partial charge >= 0.3 is 0 Å². The summed E-state index contributed by atoms with van der Waals surface area (Å²) in [4.78, 5) is 15.8. The van der Waals surface area contributed by atoms with Crippen LogP contribution in [0.1, 0.15) is 67.6 Å². The molecule has 0 spiro atoms. The number of hydrogen-bond donors (Lipinski definition) is 1. The third-order valence-electron chi connectivity index (χ3n) is 6.24. The van der Waals surface area contributed by atoms with Crippen LogP contribution in [0, 0.1) is 6.92 Å². The van der Waals surface area contributed by atoms with E-state index in [9.17, 15) is 4.79 Å². The summed E-state index contributed by atoms with van der Waals surface area (Å²) in [5.74, 6) is -0.107. The van der Waals surface area contributed by atoms with E-state index in [4.69, 9.17) is 7.85 Å². The summed E-state index contributed by atoms with van der Waals surface area (Å²) in [5.41, 5.74) is 2.90. The molecule has 2 aromatic rings. The number of likely N-dealkylation sites (tertiary alicyclic amines) is 1. The zero-order chi connectivity index (χ0) is 20.3. The molecule has 3 rings (SSSR count). The Balaban J connectivity index is 1.97. The zero-order valence-corrected chi connectivity index (χ0v) is 17.5. The molecular weight excluding hydrogens is 343 g/mol. The molecule has 2 radical (unpaired) electrons. The molecule has 1 heterocycles. The molecule has 0 aliphatic carbocycles. The van der Waals surface area contributed by atoms with Gasteiger partial charge in [0.25, 0.3) is 5.91 Å². The Kier molecular flexibility index (Phi) is 6.29. The van der Waals surface area contributed by atoms with E-state index in [-0.39, 0.29) is 17.5 Å². The lowest BCUT2D eigenvalue weighted by Gasteiger charge is -2.45. The third-order valence-corrected chi connectivity index (χ3v) is 6.24. The Bertz CT molecular complexity index is 798. The number of benzene rings is 2. The van der Waals surface area contributed by atoms with Crippen LogP contribution in [0.2, 0.25) is 0 Å². The van der Waals surface area contributed by atoms with Gasteiger partial charge in [0, 0.05) is 17.1 Å². The summed E-state index contributed by atoms with van der Waals surface area (Å²) in [6.45, 7) is 9.75. The third kappa shape index (κ3) is 4.02. The lowest BCUT2D eigenvalue weighted by atomic mass is 9.84. The average molecular weight is 374 g/mol. The number of nitrogens with zero attached hydrogens (tertiary/aromatic N) is 1. The van der Waals surface area contributed by atoms with Crippen LogP contribution in [-0.2, 0) is 0 Å². The highest BCUT2D eigenvalue weighted by Gasteiger charge is 2.42. The van der Waals surface area contributed by atoms with E-state index in [1.807, 2.05) is 37.3 Å². The summed E-state index contributed by atoms with van der Waals surface area (Å²) < 4.78 is 0. The van der Waals surface area contributed by atoms with Gasteiger partial charge in [0.05, 0.1) is 6.04 Å². The van der Waals surface area contributed by atoms with E-state index in [0.717, 1.165) is 24.1 Å². The van der Waals surface area contributed by atoms with E-state index in [0.29, 0.717) is 17.1 Å². The van der Waals surface area contributed by atoms with Crippen LogP contribution >= 0.6 is 0 Å². The van der Waals surface area contributed by atoms with Crippen LogP contribution in [0.25, 0.3) is 0 Å². The zero-order valence-electron chi connectivity index (χ0n) is 17.5. The molecule has 2 atom stereocenters. The average Bonchev–Trinajstić information content (AvgIpc) is 3.16. The molecule has 1 amide bonds. The largest absolute Gasteiger partial charge is 0.343 e. The highest BCUT2D eigenvalue weighted by atomic mass is 16.1. The minimum absolute atomic E-state index is 0.107. The van der Waals surface area contributed by atoms with Crippen LogP contribution < -0.4 is 10.8 Å². The number of rotatable bonds is 6. The molecule has 1 aliphatic heterocycles. The Morgan fingerprint density at radius 3 is 2.57 bits per heavy atom. The Morgan fingerprint density at radius 1 is 1.21 bits per heavy atom. The minimum Gasteiger partial charge on any atom is -0.343 e. The normalized spacial score (nSPS) is 18.8. The van der Waals surface area contributed by atoms with Crippen LogP contribution in [0.4, 0.5) is 0 Å². The van der Waals surface area contributed by atoms with Crippen LogP contribution in [0.3, 0.4) is 0 Å². The van der Waals surface area contributed by atoms with Gasteiger partial charge in [-0.1, -0.05) is 60.9 Å². The van der Waals surface area contributed by atoms with E-state index >= 15 is 0 Å². The number of nitrogens with one attached hydrogen (secondary N) is 1. The van der Waals surface area contributed by atoms with Crippen molar-refractivity contribution in [3.63, 3.8) is 0 Å². The predicted molar refractivity (Wildman–Crippen MR) is 117 cm³/mol. The van der Waals surface area contributed by atoms with Gasteiger partial charge in [0.1, 0.15) is 7.85 Å². The molecule has 1 fully saturated rings. The van der Waals surface area contributed by atoms with E-state index in [1.54, 1.807) is 6.07 Å². The Morgan fingerprint density at radius 2 is 1.93 bits per heavy atom. The van der Waals surface area contributed by atoms with Gasteiger partial charge in [0.2, 0.25) is 0 Å². The molecule has 4 heteroatoms. The molecular formula is C24H31BN2O. The van der Waals surface area contributed by atoms with Crippen molar-refractivity contribution < 1.29 is 4.79 Å². The van der Waals surface area contributed by atoms with Crippen molar-refractivity contribution >= 4 is 19.2 Å². The summed E-state index contributed by atoms with van der Waals surface area (Å²) in [5, 5.41) is 3.33. The molecule has 146 valence electrons. The van der Waals surface area contributed by atoms with Crippen molar-refractivity contribution in [1.29, 1.82) is 0 Å². The van der Waals surface area contributed by atoms with E-state index in [2.05, 4.69) is 43.1 Å². The second-order valence-electron chi connectivity index (χ2n) is 8.41. The van der Waals surface area contributed by atoms with Crippen LogP contribution in [0.5, 0.6) is 0 Å². The van der Waals surface area contributed by atoms with Gasteiger partial charge in [-0.25, -0.2) is 0 Å². The topological polar surface area (TPSA) is 32.3 Å². The first-order chi connectivity index (χ1) is 13.4. The van der Waals surface area contributed by atoms with Gasteiger partial charge in [-0.3, -0.25) is 9.69 Å². The second-order valence-corrected chi connectivity index (χ2v) is 8.41. The molecule has 1 aliphatic rings. The van der Waals surface area contributed by atoms with Gasteiger partial charge in [-0.15, -0.1) is 0 Å². The maximum absolute atomic E-state index is 13.3. The molecule has 0 aromatic heterocycles. The summed E-state index contributed by atoms with van der Waals surface area (Å²) in [7, 11) is 6.14. The smallest absolute Gasteiger partial charge is 0.251 e. The maximum Gasteiger partial charge on any atom is 0.251 e. The quantitative estimate of drug-likeness (QED) is 0.778. The Labute approximate surface area is 170 Å². The fraction of sp³-hybridized carbons (Fsp3) is 0.458. The highest BCUT2D eigenvalue weighted by Crippen LogP contribution is 2.37. The summed E-state index contributed by atoms with van der Waals surface area (Å²) in [6, 6.07) is 16.3. The lowest BCUT2D eigenvalue weighted by molar-refractivity contribution is 0.0580. The molecule has 0 saturated carbocycles. The van der Waals surface area contributed by atoms with E-state index in [1.165, 1.54) is 12.8 Å². The molecule has 2 aromatic carbocycles. The molecule has 3 nitrogen and oxygen atoms in total. The first-order valence-corrected chi connectivity index (χ1v) is 10.3. The van der Waals surface area contributed by atoms with E-state index < -0.39 is 0 Å². The molecule has 1 N–H and O–H groups in total. The molecule has 1 saturated heterocycles. The highest BCUT2D eigenvalue weighted by molar-refractivity contribution is 6.36. The van der Waals surface area contributed by atoms with Crippen molar-refractivity contribution in [2.24, 2.45) is 0 Å². The standard InChI is InChI=1S/C24H31BN2O/c1-5-19-14-10-16-27(19)24(3,4)22(18-12-7-6-8-13-18)26-23(28)21-17(2)11-9-15-20(21)25/h6-9,11-13,15,19,22H,5,10,14,16H2,1-4H3,(H,26,28). The first-order valence-electron chi connectivity index (χ1n) is 10.3. The first kappa shape index (κ1) is 20.7. The number of hydrogen-bond acceptors (Lipinski definition) is 2. The molecule has 28 heavy (non-hydrogen) atoms. The van der Waals surface area contributed by atoms with Crippen molar-refractivity contribution in [3.05, 3.63) is 65.2 Å². The van der Waals surface area contributed by atoms with Gasteiger partial charge in [-0.05, 0) is 57.7 Å². The van der Waals surface area contributed by atoms with Gasteiger partial charge in [0.15, 0.2) is 0 Å². The number of carbonyl (C=O) groups is 1. The fourth-order valence-electron chi connectivity index (χ4n) is 4.70. The van der Waals surface area contributed by atoms with Crippen molar-refractivity contribution in [3.8, 4) is 0 Å². The van der Waals surface area contributed by atoms with Crippen molar-refractivity contribution in [2.75, 3.05) is 6.54 Å². The number of amides is 1. The fourth-order valence-corrected chi connectivity index (χ4v) is 4.70. The second kappa shape index (κ2) is 8.52. The monoisotopic (exact) mass is 374 g/mol. The number of carbonyl (C=O) groups excluding carboxylic acids is 1. The molecule has 2 unspecified atom stereocenters. The maximum atomic E-state index is 13.3. The van der Waals surface area contributed by atoms with Gasteiger partial charge in [-0.2, -0.15) is 0 Å². The SMILES string of the molecule is [B]c1cccc(C)c1C(=O)NC(c1ccccc1)C(C)(C)N1CCCC1CC. The van der Waals surface area contributed by atoms with Crippen LogP contribution in [-0.4, -0.2) is 36.8 Å². The van der Waals surface area contributed by atoms with Crippen molar-refractivity contribution in [1.82, 2.24) is 10.2 Å². The summed E-state index contributed by atoms with van der Waals surface area (Å²) in [6.07, 6.45) is 3.56. The molecule has 0 bridgehead atoms. The predicted octanol–water partition coefficient (Wildman–Crippen LogP) is 3.91. The van der Waals surface area contributed by atoms with Gasteiger partial charge < -0.3 is 5.32 Å².